The first-order chi connectivity index (χ1) is 16.1. The van der Waals surface area contributed by atoms with Gasteiger partial charge in [0.2, 0.25) is 5.91 Å². The van der Waals surface area contributed by atoms with Crippen LogP contribution in [0.4, 0.5) is 5.69 Å². The molecule has 1 N–H and O–H groups in total. The van der Waals surface area contributed by atoms with Crippen LogP contribution in [-0.2, 0) is 4.79 Å². The van der Waals surface area contributed by atoms with E-state index in [1.807, 2.05) is 67.6 Å². The van der Waals surface area contributed by atoms with Gasteiger partial charge in [-0.05, 0) is 48.6 Å². The van der Waals surface area contributed by atoms with E-state index in [1.54, 1.807) is 0 Å². The third-order valence-corrected chi connectivity index (χ3v) is 6.71. The number of aromatic nitrogens is 2. The second-order valence-electron chi connectivity index (χ2n) is 8.04. The number of hydrogen-bond acceptors (Lipinski definition) is 4. The molecule has 0 saturated heterocycles. The van der Waals surface area contributed by atoms with E-state index in [0.29, 0.717) is 5.82 Å². The van der Waals surface area contributed by atoms with Crippen LogP contribution < -0.4 is 5.32 Å². The number of carbonyl (C=O) groups excluding carboxylic acids is 1. The Morgan fingerprint density at radius 3 is 2.42 bits per heavy atom. The van der Waals surface area contributed by atoms with Gasteiger partial charge >= 0.3 is 0 Å². The summed E-state index contributed by atoms with van der Waals surface area (Å²) < 4.78 is 0. The van der Waals surface area contributed by atoms with Crippen LogP contribution in [0.2, 0.25) is 0 Å². The standard InChI is InChI=1S/C28H23N3OS/c1-18-12-14-22(16-19(18)2)29-25(32)17-33-28-24-15-13-20-8-6-7-11-23(20)26(24)30-27(31-28)21-9-4-3-5-10-21/h3-16H,17H2,1-2H3,(H,29,32). The molecule has 0 saturated carbocycles. The summed E-state index contributed by atoms with van der Waals surface area (Å²) in [5.74, 6) is 0.869. The molecule has 4 aromatic carbocycles. The third-order valence-electron chi connectivity index (χ3n) is 5.72. The van der Waals surface area contributed by atoms with Crippen LogP contribution in [0.5, 0.6) is 0 Å². The molecule has 162 valence electrons. The number of nitrogens with one attached hydrogen (secondary N) is 1. The topological polar surface area (TPSA) is 54.9 Å². The summed E-state index contributed by atoms with van der Waals surface area (Å²) in [5.41, 5.74) is 5.03. The summed E-state index contributed by atoms with van der Waals surface area (Å²) in [6.45, 7) is 4.10. The van der Waals surface area contributed by atoms with E-state index in [9.17, 15) is 4.79 Å². The quantitative estimate of drug-likeness (QED) is 0.182. The van der Waals surface area contributed by atoms with E-state index in [-0.39, 0.29) is 11.7 Å². The first-order valence-corrected chi connectivity index (χ1v) is 11.8. The number of fused-ring (bicyclic) bond motifs is 3. The molecule has 0 fully saturated rings. The molecule has 0 bridgehead atoms. The third kappa shape index (κ3) is 4.45. The Bertz CT molecular complexity index is 1480. The van der Waals surface area contributed by atoms with Gasteiger partial charge in [-0.25, -0.2) is 9.97 Å². The van der Waals surface area contributed by atoms with E-state index >= 15 is 0 Å². The first kappa shape index (κ1) is 21.2. The number of aryl methyl sites for hydroxylation is 2. The van der Waals surface area contributed by atoms with Gasteiger partial charge in [-0.15, -0.1) is 0 Å². The van der Waals surface area contributed by atoms with Crippen molar-refractivity contribution in [3.05, 3.63) is 96.1 Å². The molecule has 0 aliphatic rings. The van der Waals surface area contributed by atoms with Crippen molar-refractivity contribution in [3.63, 3.8) is 0 Å². The highest BCUT2D eigenvalue weighted by molar-refractivity contribution is 8.00. The van der Waals surface area contributed by atoms with Gasteiger partial charge in [0.15, 0.2) is 5.82 Å². The van der Waals surface area contributed by atoms with E-state index < -0.39 is 0 Å². The van der Waals surface area contributed by atoms with Crippen molar-refractivity contribution >= 4 is 45.0 Å². The van der Waals surface area contributed by atoms with Gasteiger partial charge in [-0.2, -0.15) is 0 Å². The van der Waals surface area contributed by atoms with Crippen LogP contribution >= 0.6 is 11.8 Å². The van der Waals surface area contributed by atoms with E-state index in [0.717, 1.165) is 43.5 Å². The maximum Gasteiger partial charge on any atom is 0.234 e. The van der Waals surface area contributed by atoms with Crippen molar-refractivity contribution in [2.75, 3.05) is 11.1 Å². The fourth-order valence-electron chi connectivity index (χ4n) is 3.81. The van der Waals surface area contributed by atoms with E-state index in [4.69, 9.17) is 9.97 Å². The van der Waals surface area contributed by atoms with Crippen molar-refractivity contribution < 1.29 is 4.79 Å². The summed E-state index contributed by atoms with van der Waals surface area (Å²) in [4.78, 5) is 22.5. The zero-order valence-electron chi connectivity index (χ0n) is 18.5. The minimum Gasteiger partial charge on any atom is -0.325 e. The van der Waals surface area contributed by atoms with Crippen molar-refractivity contribution in [1.29, 1.82) is 0 Å². The van der Waals surface area contributed by atoms with Crippen LogP contribution in [0.3, 0.4) is 0 Å². The van der Waals surface area contributed by atoms with Crippen molar-refractivity contribution in [2.45, 2.75) is 18.9 Å². The predicted octanol–water partition coefficient (Wildman–Crippen LogP) is 6.80. The lowest BCUT2D eigenvalue weighted by atomic mass is 10.1. The van der Waals surface area contributed by atoms with Crippen LogP contribution in [0.15, 0.2) is 90.0 Å². The van der Waals surface area contributed by atoms with E-state index in [1.165, 1.54) is 17.3 Å². The molecule has 0 aliphatic heterocycles. The van der Waals surface area contributed by atoms with Crippen molar-refractivity contribution in [3.8, 4) is 11.4 Å². The fourth-order valence-corrected chi connectivity index (χ4v) is 4.62. The molecule has 0 spiro atoms. The summed E-state index contributed by atoms with van der Waals surface area (Å²) in [5, 5.41) is 6.97. The maximum absolute atomic E-state index is 12.7. The number of amides is 1. The van der Waals surface area contributed by atoms with Gasteiger partial charge in [0.1, 0.15) is 5.03 Å². The molecule has 1 amide bonds. The van der Waals surface area contributed by atoms with Gasteiger partial charge < -0.3 is 5.32 Å². The number of thioether (sulfide) groups is 1. The van der Waals surface area contributed by atoms with Gasteiger partial charge in [0, 0.05) is 22.0 Å². The summed E-state index contributed by atoms with van der Waals surface area (Å²) >= 11 is 1.44. The fraction of sp³-hybridized carbons (Fsp3) is 0.107. The molecule has 5 heteroatoms. The van der Waals surface area contributed by atoms with Gasteiger partial charge in [0.25, 0.3) is 0 Å². The van der Waals surface area contributed by atoms with Crippen LogP contribution in [0.1, 0.15) is 11.1 Å². The van der Waals surface area contributed by atoms with E-state index in [2.05, 4.69) is 36.5 Å². The Hall–Kier alpha value is -3.70. The Balaban J connectivity index is 1.50. The summed E-state index contributed by atoms with van der Waals surface area (Å²) in [6, 6.07) is 28.3. The predicted molar refractivity (Wildman–Crippen MR) is 138 cm³/mol. The number of anilines is 1. The summed E-state index contributed by atoms with van der Waals surface area (Å²) in [6.07, 6.45) is 0. The molecule has 5 aromatic rings. The maximum atomic E-state index is 12.7. The molecule has 0 aliphatic carbocycles. The molecule has 33 heavy (non-hydrogen) atoms. The molecule has 0 atom stereocenters. The number of nitrogens with zero attached hydrogens (tertiary/aromatic N) is 2. The SMILES string of the molecule is Cc1ccc(NC(=O)CSc2nc(-c3ccccc3)nc3c2ccc2ccccc23)cc1C. The number of hydrogen-bond donors (Lipinski definition) is 1. The molecule has 5 rings (SSSR count). The Labute approximate surface area is 197 Å². The highest BCUT2D eigenvalue weighted by Crippen LogP contribution is 2.32. The lowest BCUT2D eigenvalue weighted by Crippen LogP contribution is -2.14. The molecule has 4 nitrogen and oxygen atoms in total. The van der Waals surface area contributed by atoms with Crippen molar-refractivity contribution in [1.82, 2.24) is 9.97 Å². The lowest BCUT2D eigenvalue weighted by molar-refractivity contribution is -0.113. The van der Waals surface area contributed by atoms with Gasteiger partial charge in [0.05, 0.1) is 11.3 Å². The monoisotopic (exact) mass is 449 g/mol. The highest BCUT2D eigenvalue weighted by atomic mass is 32.2. The minimum atomic E-state index is -0.0583. The number of rotatable bonds is 5. The second-order valence-corrected chi connectivity index (χ2v) is 9.00. The minimum absolute atomic E-state index is 0.0583. The highest BCUT2D eigenvalue weighted by Gasteiger charge is 2.14. The number of benzene rings is 4. The molecule has 0 unspecified atom stereocenters. The summed E-state index contributed by atoms with van der Waals surface area (Å²) in [7, 11) is 0. The van der Waals surface area contributed by atoms with Crippen LogP contribution in [-0.4, -0.2) is 21.6 Å². The zero-order chi connectivity index (χ0) is 22.8. The lowest BCUT2D eigenvalue weighted by Gasteiger charge is -2.11. The zero-order valence-corrected chi connectivity index (χ0v) is 19.3. The Morgan fingerprint density at radius 2 is 1.61 bits per heavy atom. The average molecular weight is 450 g/mol. The second kappa shape index (κ2) is 9.04. The Kier molecular flexibility index (Phi) is 5.80. The average Bonchev–Trinajstić information content (AvgIpc) is 2.85. The molecule has 0 radical (unpaired) electrons. The molecule has 1 heterocycles. The van der Waals surface area contributed by atoms with Crippen LogP contribution in [0.25, 0.3) is 33.1 Å². The number of carbonyl (C=O) groups is 1. The normalized spacial score (nSPS) is 11.1. The van der Waals surface area contributed by atoms with Crippen LogP contribution in [0, 0.1) is 13.8 Å². The first-order valence-electron chi connectivity index (χ1n) is 10.8. The molecular weight excluding hydrogens is 426 g/mol. The smallest absolute Gasteiger partial charge is 0.234 e. The molecular formula is C28H23N3OS. The van der Waals surface area contributed by atoms with Gasteiger partial charge in [-0.1, -0.05) is 78.5 Å². The molecule has 1 aromatic heterocycles. The largest absolute Gasteiger partial charge is 0.325 e. The van der Waals surface area contributed by atoms with Crippen molar-refractivity contribution in [2.24, 2.45) is 0 Å². The Morgan fingerprint density at radius 1 is 0.818 bits per heavy atom. The van der Waals surface area contributed by atoms with Gasteiger partial charge in [-0.3, -0.25) is 4.79 Å².